The lowest BCUT2D eigenvalue weighted by molar-refractivity contribution is 0.102. The highest BCUT2D eigenvalue weighted by molar-refractivity contribution is 6.04. The van der Waals surface area contributed by atoms with E-state index in [1.165, 1.54) is 6.20 Å². The van der Waals surface area contributed by atoms with Crippen molar-refractivity contribution in [2.24, 2.45) is 0 Å². The van der Waals surface area contributed by atoms with Crippen LogP contribution in [0.4, 0.5) is 5.69 Å². The molecule has 0 unspecified atom stereocenters. The van der Waals surface area contributed by atoms with Gasteiger partial charge in [0, 0.05) is 5.69 Å². The number of rotatable bonds is 3. The van der Waals surface area contributed by atoms with Crippen LogP contribution in [0.5, 0.6) is 5.75 Å². The Morgan fingerprint density at radius 1 is 1.18 bits per heavy atom. The van der Waals surface area contributed by atoms with Gasteiger partial charge in [-0.25, -0.2) is 4.98 Å². The van der Waals surface area contributed by atoms with Crippen LogP contribution in [0.1, 0.15) is 16.1 Å². The molecular weight excluding hydrogens is 278 g/mol. The summed E-state index contributed by atoms with van der Waals surface area (Å²) >= 11 is 0. The second-order valence-electron chi connectivity index (χ2n) is 4.96. The second-order valence-corrected chi connectivity index (χ2v) is 4.96. The summed E-state index contributed by atoms with van der Waals surface area (Å²) in [6.07, 6.45) is 3.08. The van der Waals surface area contributed by atoms with Gasteiger partial charge in [-0.05, 0) is 36.8 Å². The topological polar surface area (TPSA) is 67.2 Å². The van der Waals surface area contributed by atoms with E-state index in [-0.39, 0.29) is 11.7 Å². The maximum Gasteiger partial charge on any atom is 0.274 e. The van der Waals surface area contributed by atoms with Crippen molar-refractivity contribution in [3.05, 3.63) is 72.3 Å². The van der Waals surface area contributed by atoms with Crippen LogP contribution < -0.4 is 5.32 Å². The Labute approximate surface area is 127 Å². The average Bonchev–Trinajstić information content (AvgIpc) is 3.00. The van der Waals surface area contributed by atoms with E-state index in [1.54, 1.807) is 23.0 Å². The molecule has 0 spiro atoms. The molecule has 3 aromatic rings. The molecule has 3 rings (SSSR count). The number of aromatic nitrogens is 2. The Morgan fingerprint density at radius 2 is 1.95 bits per heavy atom. The molecule has 1 amide bonds. The van der Waals surface area contributed by atoms with Crippen molar-refractivity contribution in [2.45, 2.75) is 6.92 Å². The quantitative estimate of drug-likeness (QED) is 0.729. The van der Waals surface area contributed by atoms with Gasteiger partial charge in [0.15, 0.2) is 0 Å². The van der Waals surface area contributed by atoms with Crippen LogP contribution in [0.2, 0.25) is 0 Å². The summed E-state index contributed by atoms with van der Waals surface area (Å²) in [6.45, 7) is 1.87. The zero-order chi connectivity index (χ0) is 15.5. The molecule has 5 nitrogen and oxygen atoms in total. The molecule has 0 aliphatic heterocycles. The van der Waals surface area contributed by atoms with Crippen molar-refractivity contribution in [1.29, 1.82) is 0 Å². The highest BCUT2D eigenvalue weighted by Crippen LogP contribution is 2.24. The molecule has 0 saturated carbocycles. The van der Waals surface area contributed by atoms with Crippen molar-refractivity contribution >= 4 is 11.6 Å². The van der Waals surface area contributed by atoms with Crippen LogP contribution in [-0.2, 0) is 0 Å². The molecule has 1 heterocycles. The molecule has 110 valence electrons. The number of nitrogens with zero attached hydrogens (tertiary/aromatic N) is 2. The molecule has 22 heavy (non-hydrogen) atoms. The van der Waals surface area contributed by atoms with Crippen molar-refractivity contribution in [2.75, 3.05) is 5.32 Å². The zero-order valence-corrected chi connectivity index (χ0v) is 12.0. The highest BCUT2D eigenvalue weighted by Gasteiger charge is 2.14. The van der Waals surface area contributed by atoms with Gasteiger partial charge in [-0.2, -0.15) is 0 Å². The van der Waals surface area contributed by atoms with Gasteiger partial charge in [0.25, 0.3) is 5.91 Å². The monoisotopic (exact) mass is 293 g/mol. The van der Waals surface area contributed by atoms with Crippen molar-refractivity contribution in [1.82, 2.24) is 9.55 Å². The number of carbonyl (C=O) groups is 1. The van der Waals surface area contributed by atoms with Gasteiger partial charge < -0.3 is 10.4 Å². The van der Waals surface area contributed by atoms with E-state index >= 15 is 0 Å². The third kappa shape index (κ3) is 2.69. The third-order valence-corrected chi connectivity index (χ3v) is 3.31. The summed E-state index contributed by atoms with van der Waals surface area (Å²) in [4.78, 5) is 16.5. The van der Waals surface area contributed by atoms with Crippen LogP contribution >= 0.6 is 0 Å². The smallest absolute Gasteiger partial charge is 0.274 e. The third-order valence-electron chi connectivity index (χ3n) is 3.31. The van der Waals surface area contributed by atoms with E-state index in [1.807, 2.05) is 43.3 Å². The second kappa shape index (κ2) is 5.73. The predicted octanol–water partition coefficient (Wildman–Crippen LogP) is 3.14. The van der Waals surface area contributed by atoms with Crippen molar-refractivity contribution in [3.63, 3.8) is 0 Å². The summed E-state index contributed by atoms with van der Waals surface area (Å²) in [5.41, 5.74) is 2.53. The predicted molar refractivity (Wildman–Crippen MR) is 84.4 cm³/mol. The Morgan fingerprint density at radius 3 is 2.68 bits per heavy atom. The maximum absolute atomic E-state index is 12.4. The molecule has 0 radical (unpaired) electrons. The molecule has 2 aromatic carbocycles. The first kappa shape index (κ1) is 13.9. The molecule has 0 aliphatic rings. The Balaban J connectivity index is 1.89. The number of aromatic hydroxyl groups is 1. The summed E-state index contributed by atoms with van der Waals surface area (Å²) in [5.74, 6) is -0.292. The van der Waals surface area contributed by atoms with E-state index in [2.05, 4.69) is 10.3 Å². The Bertz CT molecular complexity index is 810. The summed E-state index contributed by atoms with van der Waals surface area (Å²) in [5, 5.41) is 12.6. The lowest BCUT2D eigenvalue weighted by atomic mass is 10.2. The summed E-state index contributed by atoms with van der Waals surface area (Å²) in [7, 11) is 0. The van der Waals surface area contributed by atoms with Gasteiger partial charge >= 0.3 is 0 Å². The van der Waals surface area contributed by atoms with Crippen LogP contribution in [0.3, 0.4) is 0 Å². The van der Waals surface area contributed by atoms with Crippen LogP contribution in [0.15, 0.2) is 61.1 Å². The number of phenolic OH excluding ortho intramolecular Hbond substituents is 1. The number of phenols is 1. The van der Waals surface area contributed by atoms with E-state index in [4.69, 9.17) is 0 Å². The fraction of sp³-hybridized carbons (Fsp3) is 0.0588. The molecule has 0 saturated heterocycles. The summed E-state index contributed by atoms with van der Waals surface area (Å²) in [6, 6.07) is 14.6. The number of para-hydroxylation sites is 1. The number of aryl methyl sites for hydroxylation is 1. The fourth-order valence-corrected chi connectivity index (χ4v) is 2.19. The number of amides is 1. The van der Waals surface area contributed by atoms with Crippen LogP contribution in [0.25, 0.3) is 5.69 Å². The molecule has 0 aliphatic carbocycles. The van der Waals surface area contributed by atoms with Gasteiger partial charge in [-0.15, -0.1) is 0 Å². The normalized spacial score (nSPS) is 10.4. The molecule has 1 aromatic heterocycles. The minimum atomic E-state index is -0.333. The first-order valence-electron chi connectivity index (χ1n) is 6.84. The lowest BCUT2D eigenvalue weighted by Crippen LogP contribution is -2.16. The van der Waals surface area contributed by atoms with Crippen molar-refractivity contribution in [3.8, 4) is 11.4 Å². The van der Waals surface area contributed by atoms with Gasteiger partial charge in [0.05, 0.1) is 18.2 Å². The first-order valence-corrected chi connectivity index (χ1v) is 6.84. The van der Waals surface area contributed by atoms with E-state index in [0.717, 1.165) is 11.3 Å². The zero-order valence-electron chi connectivity index (χ0n) is 12.0. The van der Waals surface area contributed by atoms with Gasteiger partial charge in [0.1, 0.15) is 11.4 Å². The number of hydrogen-bond donors (Lipinski definition) is 2. The number of nitrogens with one attached hydrogen (secondary N) is 1. The first-order chi connectivity index (χ1) is 10.6. The summed E-state index contributed by atoms with van der Waals surface area (Å²) < 4.78 is 1.70. The Kier molecular flexibility index (Phi) is 3.62. The molecule has 0 fully saturated rings. The Hall–Kier alpha value is -3.08. The van der Waals surface area contributed by atoms with Crippen LogP contribution in [-0.4, -0.2) is 20.6 Å². The maximum atomic E-state index is 12.4. The largest absolute Gasteiger partial charge is 0.506 e. The van der Waals surface area contributed by atoms with Gasteiger partial charge in [-0.1, -0.05) is 24.3 Å². The molecule has 0 atom stereocenters. The minimum absolute atomic E-state index is 0.0409. The lowest BCUT2D eigenvalue weighted by Gasteiger charge is -2.10. The number of anilines is 1. The number of carbonyl (C=O) groups excluding carboxylic acids is 1. The number of hydrogen-bond acceptors (Lipinski definition) is 3. The standard InChI is InChI=1S/C17H15N3O2/c1-12-7-8-14(16(21)9-12)19-17(22)15-10-18-11-20(15)13-5-3-2-4-6-13/h2-11,21H,1H3,(H,19,22). The average molecular weight is 293 g/mol. The van der Waals surface area contributed by atoms with E-state index in [9.17, 15) is 9.90 Å². The molecule has 2 N–H and O–H groups in total. The number of imidazole rings is 1. The van der Waals surface area contributed by atoms with Gasteiger partial charge in [0.2, 0.25) is 0 Å². The molecule has 5 heteroatoms. The van der Waals surface area contributed by atoms with Gasteiger partial charge in [-0.3, -0.25) is 9.36 Å². The minimum Gasteiger partial charge on any atom is -0.506 e. The highest BCUT2D eigenvalue weighted by atomic mass is 16.3. The molecule has 0 bridgehead atoms. The van der Waals surface area contributed by atoms with Crippen LogP contribution in [0, 0.1) is 6.92 Å². The van der Waals surface area contributed by atoms with E-state index in [0.29, 0.717) is 11.4 Å². The number of benzene rings is 2. The SMILES string of the molecule is Cc1ccc(NC(=O)c2cncn2-c2ccccc2)c(O)c1. The van der Waals surface area contributed by atoms with E-state index < -0.39 is 0 Å². The fourth-order valence-electron chi connectivity index (χ4n) is 2.19. The molecular formula is C17H15N3O2. The van der Waals surface area contributed by atoms with Crippen molar-refractivity contribution < 1.29 is 9.90 Å².